The Labute approximate surface area is 185 Å². The summed E-state index contributed by atoms with van der Waals surface area (Å²) in [6.07, 6.45) is 7.99. The quantitative estimate of drug-likeness (QED) is 0.230. The Bertz CT molecular complexity index is 697. The van der Waals surface area contributed by atoms with Gasteiger partial charge in [0.1, 0.15) is 5.75 Å². The summed E-state index contributed by atoms with van der Waals surface area (Å²) in [5.74, 6) is 0.884. The molecule has 1 atom stereocenters. The molecule has 0 fully saturated rings. The zero-order chi connectivity index (χ0) is 21.1. The largest absolute Gasteiger partial charge is 0.496 e. The van der Waals surface area contributed by atoms with Crippen LogP contribution in [0.1, 0.15) is 59.3 Å². The van der Waals surface area contributed by atoms with Gasteiger partial charge in [-0.2, -0.15) is 0 Å². The van der Waals surface area contributed by atoms with Crippen LogP contribution >= 0.6 is 18.5 Å². The Kier molecular flexibility index (Phi) is 10.8. The highest BCUT2D eigenvalue weighted by Gasteiger charge is 2.33. The van der Waals surface area contributed by atoms with Crippen molar-refractivity contribution in [2.75, 3.05) is 7.11 Å². The summed E-state index contributed by atoms with van der Waals surface area (Å²) in [6.45, 7) is 6.99. The molecule has 2 rings (SSSR count). The van der Waals surface area contributed by atoms with Crippen LogP contribution in [0, 0.1) is 0 Å². The second kappa shape index (κ2) is 12.8. The lowest BCUT2D eigenvalue weighted by Crippen LogP contribution is -2.47. The molecule has 0 saturated heterocycles. The molecular formula is C25H38ClOPSi. The molecule has 0 N–H and O–H groups in total. The topological polar surface area (TPSA) is 9.23 Å². The summed E-state index contributed by atoms with van der Waals surface area (Å²) in [4.78, 5) is 0. The van der Waals surface area contributed by atoms with Gasteiger partial charge in [-0.1, -0.05) is 130 Å². The summed E-state index contributed by atoms with van der Waals surface area (Å²) < 4.78 is 5.54. The zero-order valence-electron chi connectivity index (χ0n) is 18.7. The third-order valence-corrected chi connectivity index (χ3v) is 14.2. The summed E-state index contributed by atoms with van der Waals surface area (Å²) in [5, 5.41) is 3.97. The van der Waals surface area contributed by atoms with Gasteiger partial charge in [0, 0.05) is 5.30 Å². The van der Waals surface area contributed by atoms with E-state index in [1.54, 1.807) is 12.3 Å². The second-order valence-electron chi connectivity index (χ2n) is 8.09. The first kappa shape index (κ1) is 24.4. The first-order chi connectivity index (χ1) is 14.1. The molecule has 1 nitrogen and oxygen atoms in total. The molecule has 0 aliphatic heterocycles. The summed E-state index contributed by atoms with van der Waals surface area (Å²) in [5.41, 5.74) is 0. The predicted octanol–water partition coefficient (Wildman–Crippen LogP) is 7.34. The van der Waals surface area contributed by atoms with E-state index in [0.717, 1.165) is 11.1 Å². The van der Waals surface area contributed by atoms with Crippen molar-refractivity contribution in [3.8, 4) is 5.75 Å². The molecule has 0 spiro atoms. The van der Waals surface area contributed by atoms with Gasteiger partial charge in [-0.05, 0) is 17.4 Å². The molecule has 0 aromatic heterocycles. The van der Waals surface area contributed by atoms with Crippen molar-refractivity contribution in [2.24, 2.45) is 0 Å². The average molecular weight is 449 g/mol. The van der Waals surface area contributed by atoms with Crippen LogP contribution in [0.5, 0.6) is 5.75 Å². The molecule has 2 aromatic carbocycles. The molecule has 29 heavy (non-hydrogen) atoms. The maximum Gasteiger partial charge on any atom is 0.128 e. The van der Waals surface area contributed by atoms with Gasteiger partial charge in [-0.3, -0.25) is 0 Å². The number of hydrogen-bond acceptors (Lipinski definition) is 1. The van der Waals surface area contributed by atoms with Crippen LogP contribution in [0.3, 0.4) is 0 Å². The maximum atomic E-state index is 6.93. The molecule has 4 heteroatoms. The van der Waals surface area contributed by atoms with Crippen molar-refractivity contribution in [1.82, 2.24) is 0 Å². The van der Waals surface area contributed by atoms with Crippen LogP contribution in [-0.4, -0.2) is 15.2 Å². The number of methoxy groups -OCH3 is 1. The minimum absolute atomic E-state index is 0.884. The number of hydrogen-bond donors (Lipinski definition) is 0. The molecule has 0 heterocycles. The van der Waals surface area contributed by atoms with Crippen molar-refractivity contribution >= 4 is 42.4 Å². The average Bonchev–Trinajstić information content (AvgIpc) is 2.78. The zero-order valence-corrected chi connectivity index (χ0v) is 21.4. The highest BCUT2D eigenvalue weighted by molar-refractivity contribution is 7.95. The van der Waals surface area contributed by atoms with Crippen LogP contribution < -0.4 is 20.5 Å². The predicted molar refractivity (Wildman–Crippen MR) is 136 cm³/mol. The smallest absolute Gasteiger partial charge is 0.128 e. The summed E-state index contributed by atoms with van der Waals surface area (Å²) in [6, 6.07) is 21.9. The SMILES string of the molecule is CCCC[Si](CCCC)(CCCC)c1ccc(P(Cl)c2ccccc2OC)cc1. The Morgan fingerprint density at radius 2 is 1.31 bits per heavy atom. The number of rotatable bonds is 13. The van der Waals surface area contributed by atoms with Crippen molar-refractivity contribution in [3.05, 3.63) is 48.5 Å². The van der Waals surface area contributed by atoms with Gasteiger partial charge in [0.15, 0.2) is 0 Å². The summed E-state index contributed by atoms with van der Waals surface area (Å²) in [7, 11) is -0.646. The van der Waals surface area contributed by atoms with Gasteiger partial charge in [0.05, 0.1) is 22.5 Å². The van der Waals surface area contributed by atoms with Crippen molar-refractivity contribution in [2.45, 2.75) is 77.4 Å². The Balaban J connectivity index is 2.33. The summed E-state index contributed by atoms with van der Waals surface area (Å²) >= 11 is 6.93. The Morgan fingerprint density at radius 3 is 1.79 bits per heavy atom. The fraction of sp³-hybridized carbons (Fsp3) is 0.520. The number of unbranched alkanes of at least 4 members (excludes halogenated alkanes) is 3. The molecule has 0 bridgehead atoms. The molecular weight excluding hydrogens is 411 g/mol. The van der Waals surface area contributed by atoms with Crippen LogP contribution in [0.4, 0.5) is 0 Å². The minimum Gasteiger partial charge on any atom is -0.496 e. The van der Waals surface area contributed by atoms with Gasteiger partial charge in [0.25, 0.3) is 0 Å². The molecule has 0 aliphatic carbocycles. The van der Waals surface area contributed by atoms with Crippen molar-refractivity contribution in [3.63, 3.8) is 0 Å². The lowest BCUT2D eigenvalue weighted by atomic mass is 10.3. The van der Waals surface area contributed by atoms with Crippen LogP contribution in [-0.2, 0) is 0 Å². The Morgan fingerprint density at radius 1 is 0.793 bits per heavy atom. The highest BCUT2D eigenvalue weighted by atomic mass is 35.7. The van der Waals surface area contributed by atoms with E-state index >= 15 is 0 Å². The first-order valence-corrected chi connectivity index (χ1v) is 16.2. The number of halogens is 1. The molecule has 2 aromatic rings. The van der Waals surface area contributed by atoms with E-state index in [4.69, 9.17) is 16.0 Å². The maximum absolute atomic E-state index is 6.93. The minimum atomic E-state index is -1.45. The standard InChI is InChI=1S/C25H38ClOPSi/c1-5-8-19-29(20-9-6-2,21-10-7-3)23-17-15-22(16-18-23)28(26)25-14-12-11-13-24(25)27-4/h11-18H,5-10,19-21H2,1-4H3. The van der Waals surface area contributed by atoms with Gasteiger partial charge >= 0.3 is 0 Å². The van der Waals surface area contributed by atoms with Gasteiger partial charge in [-0.15, -0.1) is 0 Å². The van der Waals surface area contributed by atoms with E-state index < -0.39 is 15.3 Å². The van der Waals surface area contributed by atoms with Gasteiger partial charge < -0.3 is 4.74 Å². The molecule has 1 unspecified atom stereocenters. The number of ether oxygens (including phenoxy) is 1. The van der Waals surface area contributed by atoms with E-state index in [-0.39, 0.29) is 0 Å². The third-order valence-electron chi connectivity index (χ3n) is 6.03. The highest BCUT2D eigenvalue weighted by Crippen LogP contribution is 2.41. The van der Waals surface area contributed by atoms with Crippen molar-refractivity contribution in [1.29, 1.82) is 0 Å². The van der Waals surface area contributed by atoms with Crippen LogP contribution in [0.15, 0.2) is 48.5 Å². The van der Waals surface area contributed by atoms with E-state index in [2.05, 4.69) is 51.1 Å². The normalized spacial score (nSPS) is 12.7. The fourth-order valence-corrected chi connectivity index (χ4v) is 11.8. The van der Waals surface area contributed by atoms with E-state index in [1.807, 2.05) is 18.2 Å². The second-order valence-corrected chi connectivity index (χ2v) is 15.3. The van der Waals surface area contributed by atoms with Crippen molar-refractivity contribution < 1.29 is 4.74 Å². The monoisotopic (exact) mass is 448 g/mol. The van der Waals surface area contributed by atoms with E-state index in [0.29, 0.717) is 0 Å². The lowest BCUT2D eigenvalue weighted by Gasteiger charge is -2.33. The first-order valence-electron chi connectivity index (χ1n) is 11.3. The fourth-order valence-electron chi connectivity index (χ4n) is 4.23. The molecule has 0 radical (unpaired) electrons. The molecule has 0 saturated carbocycles. The third kappa shape index (κ3) is 6.58. The molecule has 0 amide bonds. The van der Waals surface area contributed by atoms with E-state index in [1.165, 1.54) is 62.0 Å². The molecule has 0 aliphatic rings. The van der Waals surface area contributed by atoms with Crippen LogP contribution in [0.2, 0.25) is 18.1 Å². The van der Waals surface area contributed by atoms with E-state index in [9.17, 15) is 0 Å². The molecule has 160 valence electrons. The van der Waals surface area contributed by atoms with Gasteiger partial charge in [0.2, 0.25) is 0 Å². The van der Waals surface area contributed by atoms with Crippen LogP contribution in [0.25, 0.3) is 0 Å². The van der Waals surface area contributed by atoms with Gasteiger partial charge in [-0.25, -0.2) is 0 Å². The number of para-hydroxylation sites is 1. The number of benzene rings is 2. The Hall–Kier alpha value is -0.823. The lowest BCUT2D eigenvalue weighted by molar-refractivity contribution is 0.418.